The van der Waals surface area contributed by atoms with E-state index < -0.39 is 5.95 Å². The van der Waals surface area contributed by atoms with Crippen molar-refractivity contribution >= 4 is 10.9 Å². The van der Waals surface area contributed by atoms with E-state index in [4.69, 9.17) is 0 Å². The minimum Gasteiger partial charge on any atom is -0.302 e. The van der Waals surface area contributed by atoms with E-state index in [-0.39, 0.29) is 11.2 Å². The summed E-state index contributed by atoms with van der Waals surface area (Å²) in [6.07, 6.45) is 2.85. The fourth-order valence-corrected chi connectivity index (χ4v) is 2.72. The monoisotopic (exact) mass is 336 g/mol. The van der Waals surface area contributed by atoms with Gasteiger partial charge in [-0.25, -0.2) is 14.6 Å². The molecule has 0 radical (unpaired) electrons. The van der Waals surface area contributed by atoms with Gasteiger partial charge in [0.25, 0.3) is 5.56 Å². The average Bonchev–Trinajstić information content (AvgIpc) is 3.00. The Kier molecular flexibility index (Phi) is 3.38. The molecule has 0 amide bonds. The number of halogens is 1. The maximum Gasteiger partial charge on any atom is 0.260 e. The molecule has 0 aliphatic carbocycles. The molecule has 4 rings (SSSR count). The smallest absolute Gasteiger partial charge is 0.260 e. The Morgan fingerprint density at radius 3 is 2.80 bits per heavy atom. The Bertz CT molecular complexity index is 1160. The quantitative estimate of drug-likeness (QED) is 0.523. The molecule has 25 heavy (non-hydrogen) atoms. The van der Waals surface area contributed by atoms with Gasteiger partial charge >= 0.3 is 0 Å². The molecule has 0 bridgehead atoms. The van der Waals surface area contributed by atoms with Gasteiger partial charge in [-0.1, -0.05) is 11.3 Å². The minimum absolute atomic E-state index is 0.116. The van der Waals surface area contributed by atoms with Gasteiger partial charge < -0.3 is 4.57 Å². The van der Waals surface area contributed by atoms with E-state index in [0.29, 0.717) is 22.3 Å². The van der Waals surface area contributed by atoms with E-state index in [9.17, 15) is 9.18 Å². The summed E-state index contributed by atoms with van der Waals surface area (Å²) in [5.41, 5.74) is 2.69. The average molecular weight is 336 g/mol. The zero-order chi connectivity index (χ0) is 17.6. The standard InChI is InChI=1S/C17H13FN6O/c1-10-15(21-22-24(10)14-4-3-7-19-16(14)18)11-5-6-12-13(8-11)20-9-23(2)17(12)25/h3-9H,1-2H3. The predicted molar refractivity (Wildman–Crippen MR) is 89.8 cm³/mol. The van der Waals surface area contributed by atoms with Gasteiger partial charge in [-0.2, -0.15) is 4.39 Å². The van der Waals surface area contributed by atoms with E-state index >= 15 is 0 Å². The van der Waals surface area contributed by atoms with Gasteiger partial charge in [-0.05, 0) is 31.2 Å². The highest BCUT2D eigenvalue weighted by atomic mass is 19.1. The van der Waals surface area contributed by atoms with Crippen LogP contribution in [-0.4, -0.2) is 29.5 Å². The number of aryl methyl sites for hydroxylation is 1. The van der Waals surface area contributed by atoms with E-state index in [2.05, 4.69) is 20.3 Å². The first-order valence-electron chi connectivity index (χ1n) is 7.55. The SMILES string of the molecule is Cc1c(-c2ccc3c(=O)n(C)cnc3c2)nnn1-c1cccnc1F. The Balaban J connectivity index is 1.86. The second-order valence-electron chi connectivity index (χ2n) is 5.64. The van der Waals surface area contributed by atoms with Crippen molar-refractivity contribution in [1.29, 1.82) is 0 Å². The van der Waals surface area contributed by atoms with E-state index in [0.717, 1.165) is 5.56 Å². The highest BCUT2D eigenvalue weighted by Gasteiger charge is 2.16. The van der Waals surface area contributed by atoms with Crippen LogP contribution in [0.15, 0.2) is 47.7 Å². The number of pyridine rings is 1. The zero-order valence-corrected chi connectivity index (χ0v) is 13.5. The Hall–Kier alpha value is -3.42. The van der Waals surface area contributed by atoms with E-state index in [1.54, 1.807) is 44.3 Å². The number of nitrogens with zero attached hydrogens (tertiary/aromatic N) is 6. The first-order chi connectivity index (χ1) is 12.1. The van der Waals surface area contributed by atoms with Gasteiger partial charge in [-0.3, -0.25) is 4.79 Å². The van der Waals surface area contributed by atoms with Crippen LogP contribution in [0, 0.1) is 12.9 Å². The molecule has 0 atom stereocenters. The van der Waals surface area contributed by atoms with Gasteiger partial charge in [0, 0.05) is 18.8 Å². The maximum atomic E-state index is 13.9. The maximum absolute atomic E-state index is 13.9. The van der Waals surface area contributed by atoms with Crippen molar-refractivity contribution < 1.29 is 4.39 Å². The largest absolute Gasteiger partial charge is 0.302 e. The number of aromatic nitrogens is 6. The van der Waals surface area contributed by atoms with Crippen LogP contribution in [0.2, 0.25) is 0 Å². The fraction of sp³-hybridized carbons (Fsp3) is 0.118. The third-order valence-electron chi connectivity index (χ3n) is 4.05. The van der Waals surface area contributed by atoms with E-state index in [1.807, 2.05) is 0 Å². The molecule has 0 spiro atoms. The summed E-state index contributed by atoms with van der Waals surface area (Å²) in [5.74, 6) is -0.620. The van der Waals surface area contributed by atoms with Crippen molar-refractivity contribution in [1.82, 2.24) is 29.5 Å². The first kappa shape index (κ1) is 15.1. The number of hydrogen-bond acceptors (Lipinski definition) is 5. The van der Waals surface area contributed by atoms with Crippen LogP contribution in [0.4, 0.5) is 4.39 Å². The molecular weight excluding hydrogens is 323 g/mol. The number of hydrogen-bond donors (Lipinski definition) is 0. The van der Waals surface area contributed by atoms with Crippen LogP contribution in [0.3, 0.4) is 0 Å². The van der Waals surface area contributed by atoms with Crippen molar-refractivity contribution in [2.24, 2.45) is 7.05 Å². The lowest BCUT2D eigenvalue weighted by Gasteiger charge is -2.05. The van der Waals surface area contributed by atoms with Gasteiger partial charge in [0.15, 0.2) is 0 Å². The lowest BCUT2D eigenvalue weighted by molar-refractivity contribution is 0.564. The van der Waals surface area contributed by atoms with Crippen molar-refractivity contribution in [2.45, 2.75) is 6.92 Å². The minimum atomic E-state index is -0.620. The molecule has 0 saturated heterocycles. The topological polar surface area (TPSA) is 78.5 Å². The number of fused-ring (bicyclic) bond motifs is 1. The normalized spacial score (nSPS) is 11.2. The molecule has 3 heterocycles. The van der Waals surface area contributed by atoms with Gasteiger partial charge in [0.1, 0.15) is 11.4 Å². The Morgan fingerprint density at radius 2 is 2.00 bits per heavy atom. The highest BCUT2D eigenvalue weighted by Crippen LogP contribution is 2.25. The molecule has 0 unspecified atom stereocenters. The summed E-state index contributed by atoms with van der Waals surface area (Å²) in [5, 5.41) is 8.72. The second-order valence-corrected chi connectivity index (χ2v) is 5.64. The Labute approximate surface area is 141 Å². The van der Waals surface area contributed by atoms with Crippen LogP contribution in [0.25, 0.3) is 27.8 Å². The predicted octanol–water partition coefficient (Wildman–Crippen LogP) is 2.02. The van der Waals surface area contributed by atoms with E-state index in [1.165, 1.54) is 21.8 Å². The van der Waals surface area contributed by atoms with Gasteiger partial charge in [0.2, 0.25) is 5.95 Å². The van der Waals surface area contributed by atoms with Crippen LogP contribution >= 0.6 is 0 Å². The van der Waals surface area contributed by atoms with Gasteiger partial charge in [0.05, 0.1) is 22.9 Å². The summed E-state index contributed by atoms with van der Waals surface area (Å²) in [4.78, 5) is 20.0. The summed E-state index contributed by atoms with van der Waals surface area (Å²) in [6.45, 7) is 1.80. The molecule has 8 heteroatoms. The second kappa shape index (κ2) is 5.59. The first-order valence-corrected chi connectivity index (χ1v) is 7.55. The summed E-state index contributed by atoms with van der Waals surface area (Å²) < 4.78 is 16.7. The molecule has 0 fully saturated rings. The van der Waals surface area contributed by atoms with Crippen molar-refractivity contribution in [2.75, 3.05) is 0 Å². The molecule has 3 aromatic heterocycles. The van der Waals surface area contributed by atoms with Crippen LogP contribution in [-0.2, 0) is 7.05 Å². The van der Waals surface area contributed by atoms with Crippen LogP contribution < -0.4 is 5.56 Å². The summed E-state index contributed by atoms with van der Waals surface area (Å²) >= 11 is 0. The van der Waals surface area contributed by atoms with Crippen LogP contribution in [0.5, 0.6) is 0 Å². The van der Waals surface area contributed by atoms with Crippen LogP contribution in [0.1, 0.15) is 5.69 Å². The number of rotatable bonds is 2. The summed E-state index contributed by atoms with van der Waals surface area (Å²) in [6, 6.07) is 8.49. The lowest BCUT2D eigenvalue weighted by Crippen LogP contribution is -2.16. The number of benzene rings is 1. The van der Waals surface area contributed by atoms with Gasteiger partial charge in [-0.15, -0.1) is 5.10 Å². The molecule has 0 saturated carbocycles. The molecule has 124 valence electrons. The Morgan fingerprint density at radius 1 is 1.16 bits per heavy atom. The molecule has 1 aromatic carbocycles. The van der Waals surface area contributed by atoms with Crippen molar-refractivity contribution in [3.05, 3.63) is 64.9 Å². The molecule has 4 aromatic rings. The third-order valence-corrected chi connectivity index (χ3v) is 4.05. The zero-order valence-electron chi connectivity index (χ0n) is 13.5. The fourth-order valence-electron chi connectivity index (χ4n) is 2.72. The van der Waals surface area contributed by atoms with Crippen molar-refractivity contribution in [3.63, 3.8) is 0 Å². The molecular formula is C17H13FN6O. The highest BCUT2D eigenvalue weighted by molar-refractivity contribution is 5.83. The molecule has 0 N–H and O–H groups in total. The molecule has 0 aliphatic rings. The lowest BCUT2D eigenvalue weighted by atomic mass is 10.1. The van der Waals surface area contributed by atoms with Crippen molar-refractivity contribution in [3.8, 4) is 16.9 Å². The molecule has 7 nitrogen and oxygen atoms in total. The third kappa shape index (κ3) is 2.38. The summed E-state index contributed by atoms with van der Waals surface area (Å²) in [7, 11) is 1.65. The molecule has 0 aliphatic heterocycles.